The van der Waals surface area contributed by atoms with E-state index in [0.29, 0.717) is 0 Å². The van der Waals surface area contributed by atoms with Gasteiger partial charge in [0.25, 0.3) is 0 Å². The first-order valence-corrected chi connectivity index (χ1v) is 20.6. The molecule has 286 valence electrons. The van der Waals surface area contributed by atoms with Crippen LogP contribution in [0.5, 0.6) is 0 Å². The molecule has 60 heavy (non-hydrogen) atoms. The molecule has 0 N–H and O–H groups in total. The minimum absolute atomic E-state index is 0.723. The molecule has 4 nitrogen and oxygen atoms in total. The van der Waals surface area contributed by atoms with Crippen molar-refractivity contribution in [2.75, 3.05) is 0 Å². The van der Waals surface area contributed by atoms with Crippen LogP contribution in [0.2, 0.25) is 0 Å². The standard InChI is InChI=1S/C56H42N4/c1-35-9-15-41(16-10-35)50-34-51(58-56(57-50)43-17-11-36(2)12-18-43)42-21-19-39(20-22-42)40-23-25-44(26-24-40)59-52-8-6-5-7-46(52)49-33-45(27-30-55(49)59)60-53-28-13-37(3)31-47(53)48-32-38(4)14-29-54(48)60/h5-34H,1-4H3. The third-order valence-corrected chi connectivity index (χ3v) is 12.0. The fourth-order valence-corrected chi connectivity index (χ4v) is 8.84. The Bertz CT molecular complexity index is 3300. The Hall–Kier alpha value is -7.56. The van der Waals surface area contributed by atoms with Crippen molar-refractivity contribution in [1.82, 2.24) is 19.1 Å². The Morgan fingerprint density at radius 1 is 0.300 bits per heavy atom. The summed E-state index contributed by atoms with van der Waals surface area (Å²) in [5.41, 5.74) is 19.3. The highest BCUT2D eigenvalue weighted by atomic mass is 15.0. The maximum absolute atomic E-state index is 5.08. The fraction of sp³-hybridized carbons (Fsp3) is 0.0714. The zero-order valence-electron chi connectivity index (χ0n) is 34.1. The number of hydrogen-bond donors (Lipinski definition) is 0. The van der Waals surface area contributed by atoms with Gasteiger partial charge in [0.2, 0.25) is 0 Å². The van der Waals surface area contributed by atoms with Crippen LogP contribution in [0.15, 0.2) is 182 Å². The van der Waals surface area contributed by atoms with Gasteiger partial charge < -0.3 is 9.13 Å². The van der Waals surface area contributed by atoms with Crippen LogP contribution in [-0.2, 0) is 0 Å². The highest BCUT2D eigenvalue weighted by molar-refractivity contribution is 6.12. The summed E-state index contributed by atoms with van der Waals surface area (Å²) in [5, 5.41) is 5.05. The number of aryl methyl sites for hydroxylation is 4. The predicted molar refractivity (Wildman–Crippen MR) is 251 cm³/mol. The van der Waals surface area contributed by atoms with Crippen LogP contribution in [0.4, 0.5) is 0 Å². The first kappa shape index (κ1) is 35.6. The Labute approximate surface area is 349 Å². The molecule has 0 aliphatic rings. The molecule has 0 aliphatic carbocycles. The molecule has 0 radical (unpaired) electrons. The van der Waals surface area contributed by atoms with Crippen molar-refractivity contribution in [3.63, 3.8) is 0 Å². The second-order valence-corrected chi connectivity index (χ2v) is 16.2. The lowest BCUT2D eigenvalue weighted by atomic mass is 10.0. The summed E-state index contributed by atoms with van der Waals surface area (Å²) >= 11 is 0. The average Bonchev–Trinajstić information content (AvgIpc) is 3.78. The van der Waals surface area contributed by atoms with E-state index in [1.54, 1.807) is 0 Å². The molecule has 0 spiro atoms. The third-order valence-electron chi connectivity index (χ3n) is 12.0. The van der Waals surface area contributed by atoms with E-state index in [0.717, 1.165) is 56.4 Å². The predicted octanol–water partition coefficient (Wildman–Crippen LogP) is 14.6. The van der Waals surface area contributed by atoms with Crippen molar-refractivity contribution in [3.8, 4) is 56.4 Å². The monoisotopic (exact) mass is 770 g/mol. The van der Waals surface area contributed by atoms with Crippen molar-refractivity contribution < 1.29 is 0 Å². The first-order chi connectivity index (χ1) is 29.3. The molecule has 3 heterocycles. The summed E-state index contributed by atoms with van der Waals surface area (Å²) in [7, 11) is 0. The normalized spacial score (nSPS) is 11.7. The molecule has 0 aliphatic heterocycles. The number of fused-ring (bicyclic) bond motifs is 6. The van der Waals surface area contributed by atoms with Crippen molar-refractivity contribution in [1.29, 1.82) is 0 Å². The maximum Gasteiger partial charge on any atom is 0.160 e. The SMILES string of the molecule is Cc1ccc(-c2cc(-c3ccc(-c4ccc(-n5c6ccccc6c6cc(-n7c8ccc(C)cc8c8cc(C)ccc87)ccc65)cc4)cc3)nc(-c3ccc(C)cc3)n2)cc1. The molecule has 3 aromatic heterocycles. The smallest absolute Gasteiger partial charge is 0.160 e. The van der Waals surface area contributed by atoms with Crippen LogP contribution in [0.1, 0.15) is 22.3 Å². The minimum atomic E-state index is 0.723. The van der Waals surface area contributed by atoms with Gasteiger partial charge in [-0.25, -0.2) is 9.97 Å². The summed E-state index contributed by atoms with van der Waals surface area (Å²) in [4.78, 5) is 10.1. The Balaban J connectivity index is 0.950. The van der Waals surface area contributed by atoms with Crippen molar-refractivity contribution >= 4 is 43.6 Å². The number of para-hydroxylation sites is 1. The Morgan fingerprint density at radius 2 is 0.700 bits per heavy atom. The molecule has 11 rings (SSSR count). The first-order valence-electron chi connectivity index (χ1n) is 20.6. The molecular weight excluding hydrogens is 729 g/mol. The summed E-state index contributed by atoms with van der Waals surface area (Å²) in [6.07, 6.45) is 0. The van der Waals surface area contributed by atoms with Gasteiger partial charge in [0.15, 0.2) is 5.82 Å². The summed E-state index contributed by atoms with van der Waals surface area (Å²) in [6, 6.07) is 66.1. The Kier molecular flexibility index (Phi) is 8.35. The molecule has 8 aromatic carbocycles. The van der Waals surface area contributed by atoms with Crippen molar-refractivity contribution in [2.24, 2.45) is 0 Å². The van der Waals surface area contributed by atoms with E-state index < -0.39 is 0 Å². The molecule has 0 saturated heterocycles. The molecule has 0 atom stereocenters. The quantitative estimate of drug-likeness (QED) is 0.169. The highest BCUT2D eigenvalue weighted by Gasteiger charge is 2.17. The zero-order chi connectivity index (χ0) is 40.5. The molecule has 0 saturated carbocycles. The number of rotatable bonds is 6. The van der Waals surface area contributed by atoms with Crippen LogP contribution in [0, 0.1) is 27.7 Å². The van der Waals surface area contributed by atoms with E-state index in [1.807, 2.05) is 0 Å². The van der Waals surface area contributed by atoms with Crippen LogP contribution < -0.4 is 0 Å². The van der Waals surface area contributed by atoms with E-state index in [2.05, 4.69) is 219 Å². The van der Waals surface area contributed by atoms with Crippen LogP contribution in [-0.4, -0.2) is 19.1 Å². The van der Waals surface area contributed by atoms with Crippen LogP contribution in [0.3, 0.4) is 0 Å². The molecule has 0 bridgehead atoms. The van der Waals surface area contributed by atoms with E-state index in [1.165, 1.54) is 65.9 Å². The lowest BCUT2D eigenvalue weighted by Gasteiger charge is -2.12. The van der Waals surface area contributed by atoms with Gasteiger partial charge in [-0.15, -0.1) is 0 Å². The van der Waals surface area contributed by atoms with E-state index in [4.69, 9.17) is 9.97 Å². The lowest BCUT2D eigenvalue weighted by molar-refractivity contribution is 1.16. The Morgan fingerprint density at radius 3 is 1.28 bits per heavy atom. The number of aromatic nitrogens is 4. The third kappa shape index (κ3) is 6.08. The molecular formula is C56H42N4. The van der Waals surface area contributed by atoms with Gasteiger partial charge in [-0.05, 0) is 106 Å². The van der Waals surface area contributed by atoms with Gasteiger partial charge in [-0.3, -0.25) is 0 Å². The molecule has 0 amide bonds. The zero-order valence-corrected chi connectivity index (χ0v) is 34.1. The molecule has 0 unspecified atom stereocenters. The maximum atomic E-state index is 5.08. The molecule has 4 heteroatoms. The van der Waals surface area contributed by atoms with Gasteiger partial charge in [0.05, 0.1) is 33.5 Å². The van der Waals surface area contributed by atoms with Crippen molar-refractivity contribution in [2.45, 2.75) is 27.7 Å². The van der Waals surface area contributed by atoms with E-state index in [-0.39, 0.29) is 0 Å². The van der Waals surface area contributed by atoms with Gasteiger partial charge in [-0.1, -0.05) is 138 Å². The van der Waals surface area contributed by atoms with Gasteiger partial charge >= 0.3 is 0 Å². The van der Waals surface area contributed by atoms with Crippen molar-refractivity contribution in [3.05, 3.63) is 204 Å². The summed E-state index contributed by atoms with van der Waals surface area (Å²) in [6.45, 7) is 8.55. The van der Waals surface area contributed by atoms with Gasteiger partial charge in [-0.2, -0.15) is 0 Å². The van der Waals surface area contributed by atoms with E-state index >= 15 is 0 Å². The average molecular weight is 771 g/mol. The summed E-state index contributed by atoms with van der Waals surface area (Å²) < 4.78 is 4.82. The molecule has 0 fully saturated rings. The number of hydrogen-bond acceptors (Lipinski definition) is 2. The topological polar surface area (TPSA) is 35.6 Å². The second kappa shape index (κ2) is 14.1. The van der Waals surface area contributed by atoms with E-state index in [9.17, 15) is 0 Å². The number of benzene rings is 8. The number of nitrogens with zero attached hydrogens (tertiary/aromatic N) is 4. The van der Waals surface area contributed by atoms with Crippen LogP contribution >= 0.6 is 0 Å². The highest BCUT2D eigenvalue weighted by Crippen LogP contribution is 2.38. The van der Waals surface area contributed by atoms with Gasteiger partial charge in [0.1, 0.15) is 0 Å². The molecule has 11 aromatic rings. The van der Waals surface area contributed by atoms with Gasteiger partial charge in [0, 0.05) is 49.6 Å². The fourth-order valence-electron chi connectivity index (χ4n) is 8.84. The minimum Gasteiger partial charge on any atom is -0.309 e. The second-order valence-electron chi connectivity index (χ2n) is 16.2. The largest absolute Gasteiger partial charge is 0.309 e. The summed E-state index contributed by atoms with van der Waals surface area (Å²) in [5.74, 6) is 0.723. The lowest BCUT2D eigenvalue weighted by Crippen LogP contribution is -1.96. The van der Waals surface area contributed by atoms with Crippen LogP contribution in [0.25, 0.3) is 100 Å².